The maximum Gasteiger partial charge on any atom is 2.00 e. The van der Waals surface area contributed by atoms with E-state index >= 15 is 0 Å². The molecule has 2 nitrogen and oxygen atoms in total. The van der Waals surface area contributed by atoms with Gasteiger partial charge in [0, 0.05) is 12.1 Å². The van der Waals surface area contributed by atoms with Crippen molar-refractivity contribution in [3.63, 3.8) is 0 Å². The molecule has 21 heavy (non-hydrogen) atoms. The predicted octanol–water partition coefficient (Wildman–Crippen LogP) is 3.97. The molecule has 0 aromatic carbocycles. The SMILES string of the molecule is CCCCC(C)NC(=S)[S-].CCCCC(C)NC(=S)[S-].[Cu+2]. The molecule has 0 bridgehead atoms. The molecule has 0 saturated heterocycles. The average molecular weight is 416 g/mol. The van der Waals surface area contributed by atoms with E-state index in [2.05, 4.69) is 38.3 Å². The van der Waals surface area contributed by atoms with Crippen LogP contribution in [0.15, 0.2) is 0 Å². The summed E-state index contributed by atoms with van der Waals surface area (Å²) in [6.07, 6.45) is 7.27. The Kier molecular flexibility index (Phi) is 23.8. The summed E-state index contributed by atoms with van der Waals surface area (Å²) >= 11 is 18.9. The summed E-state index contributed by atoms with van der Waals surface area (Å²) in [5, 5.41) is 6.05. The van der Waals surface area contributed by atoms with Crippen molar-refractivity contribution in [2.24, 2.45) is 0 Å². The summed E-state index contributed by atoms with van der Waals surface area (Å²) in [5.41, 5.74) is 0. The average Bonchev–Trinajstić information content (AvgIpc) is 2.33. The van der Waals surface area contributed by atoms with Gasteiger partial charge in [0.25, 0.3) is 0 Å². The molecule has 0 saturated carbocycles. The zero-order valence-corrected chi connectivity index (χ0v) is 17.5. The van der Waals surface area contributed by atoms with Crippen molar-refractivity contribution < 1.29 is 17.1 Å². The summed E-state index contributed by atoms with van der Waals surface area (Å²) in [7, 11) is 0. The van der Waals surface area contributed by atoms with Crippen LogP contribution in [-0.4, -0.2) is 20.7 Å². The fourth-order valence-electron chi connectivity index (χ4n) is 1.57. The van der Waals surface area contributed by atoms with E-state index in [-0.39, 0.29) is 17.1 Å². The minimum atomic E-state index is 0. The van der Waals surface area contributed by atoms with Crippen molar-refractivity contribution in [3.8, 4) is 0 Å². The molecular weight excluding hydrogens is 388 g/mol. The molecule has 2 unspecified atom stereocenters. The van der Waals surface area contributed by atoms with Crippen molar-refractivity contribution in [1.82, 2.24) is 10.6 Å². The van der Waals surface area contributed by atoms with Gasteiger partial charge in [-0.2, -0.15) is 0 Å². The molecule has 2 N–H and O–H groups in total. The summed E-state index contributed by atoms with van der Waals surface area (Å²) in [5.74, 6) is 0. The van der Waals surface area contributed by atoms with Crippen molar-refractivity contribution >= 4 is 58.3 Å². The van der Waals surface area contributed by atoms with Crippen LogP contribution in [-0.2, 0) is 42.3 Å². The molecule has 7 heteroatoms. The second-order valence-corrected chi connectivity index (χ2v) is 7.10. The van der Waals surface area contributed by atoms with E-state index < -0.39 is 0 Å². The summed E-state index contributed by atoms with van der Waals surface area (Å²) < 4.78 is 0.979. The van der Waals surface area contributed by atoms with Gasteiger partial charge < -0.3 is 60.3 Å². The van der Waals surface area contributed by atoms with Crippen LogP contribution >= 0.6 is 24.4 Å². The number of rotatable bonds is 8. The molecule has 129 valence electrons. The number of nitrogens with one attached hydrogen (secondary N) is 2. The van der Waals surface area contributed by atoms with E-state index in [0.717, 1.165) is 12.8 Å². The summed E-state index contributed by atoms with van der Waals surface area (Å²) in [6, 6.07) is 0.898. The molecule has 0 aliphatic rings. The van der Waals surface area contributed by atoms with E-state index in [1.54, 1.807) is 0 Å². The van der Waals surface area contributed by atoms with Gasteiger partial charge >= 0.3 is 17.1 Å². The molecular formula is C14H28CuN2S4. The minimum absolute atomic E-state index is 0. The Balaban J connectivity index is -0.000000295. The zero-order valence-electron chi connectivity index (χ0n) is 13.3. The van der Waals surface area contributed by atoms with Crippen LogP contribution in [0.2, 0.25) is 0 Å². The topological polar surface area (TPSA) is 24.1 Å². The predicted molar refractivity (Wildman–Crippen MR) is 104 cm³/mol. The van der Waals surface area contributed by atoms with Gasteiger partial charge in [-0.3, -0.25) is 0 Å². The number of unbranched alkanes of at least 4 members (excludes halogenated alkanes) is 2. The van der Waals surface area contributed by atoms with E-state index in [1.807, 2.05) is 0 Å². The van der Waals surface area contributed by atoms with Crippen LogP contribution in [0.4, 0.5) is 0 Å². The third-order valence-electron chi connectivity index (χ3n) is 2.71. The van der Waals surface area contributed by atoms with E-state index in [4.69, 9.17) is 49.7 Å². The Bertz CT molecular complexity index is 239. The molecule has 0 aliphatic carbocycles. The third-order valence-corrected chi connectivity index (χ3v) is 3.18. The Morgan fingerprint density at radius 1 is 0.857 bits per heavy atom. The molecule has 0 spiro atoms. The molecule has 0 amide bonds. The fourth-order valence-corrected chi connectivity index (χ4v) is 2.37. The second kappa shape index (κ2) is 18.8. The molecule has 0 aliphatic heterocycles. The van der Waals surface area contributed by atoms with Crippen LogP contribution in [0.5, 0.6) is 0 Å². The molecule has 0 rings (SSSR count). The largest absolute Gasteiger partial charge is 2.00 e. The standard InChI is InChI=1S/2C7H15NS2.Cu/c2*1-3-4-5-6(2)8-7(9)10;/h2*6H,3-5H2,1-2H3,(H2,8,9,10);/q;;+2/p-2. The van der Waals surface area contributed by atoms with Crippen molar-refractivity contribution in [3.05, 3.63) is 0 Å². The molecule has 0 heterocycles. The summed E-state index contributed by atoms with van der Waals surface area (Å²) in [4.78, 5) is 0. The van der Waals surface area contributed by atoms with Gasteiger partial charge in [-0.05, 0) is 26.7 Å². The van der Waals surface area contributed by atoms with Crippen molar-refractivity contribution in [2.45, 2.75) is 78.3 Å². The van der Waals surface area contributed by atoms with Gasteiger partial charge in [-0.25, -0.2) is 0 Å². The van der Waals surface area contributed by atoms with E-state index in [0.29, 0.717) is 20.7 Å². The van der Waals surface area contributed by atoms with Crippen molar-refractivity contribution in [1.29, 1.82) is 0 Å². The van der Waals surface area contributed by atoms with E-state index in [1.165, 1.54) is 25.7 Å². The first-order valence-electron chi connectivity index (χ1n) is 7.28. The molecule has 0 aromatic heterocycles. The Hall–Kier alpha value is 0.739. The fraction of sp³-hybridized carbons (Fsp3) is 0.857. The molecule has 0 fully saturated rings. The smallest absolute Gasteiger partial charge is 0.412 e. The summed E-state index contributed by atoms with van der Waals surface area (Å²) in [6.45, 7) is 8.57. The first-order chi connectivity index (χ1) is 9.33. The van der Waals surface area contributed by atoms with Gasteiger partial charge in [0.1, 0.15) is 0 Å². The van der Waals surface area contributed by atoms with Gasteiger partial charge in [0.15, 0.2) is 0 Å². The van der Waals surface area contributed by atoms with Gasteiger partial charge in [-0.15, -0.1) is 0 Å². The monoisotopic (exact) mass is 415 g/mol. The van der Waals surface area contributed by atoms with Crippen LogP contribution in [0.3, 0.4) is 0 Å². The second-order valence-electron chi connectivity index (χ2n) is 4.95. The maximum atomic E-state index is 4.73. The van der Waals surface area contributed by atoms with Gasteiger partial charge in [-0.1, -0.05) is 48.2 Å². The van der Waals surface area contributed by atoms with Gasteiger partial charge in [0.2, 0.25) is 0 Å². The quantitative estimate of drug-likeness (QED) is 0.353. The first kappa shape index (κ1) is 26.6. The number of hydrogen-bond donors (Lipinski definition) is 2. The first-order valence-corrected chi connectivity index (χ1v) is 8.91. The normalized spacial score (nSPS) is 12.0. The van der Waals surface area contributed by atoms with E-state index in [9.17, 15) is 0 Å². The minimum Gasteiger partial charge on any atom is -0.412 e. The Morgan fingerprint density at radius 2 is 1.14 bits per heavy atom. The zero-order chi connectivity index (χ0) is 16.0. The molecule has 1 radical (unpaired) electrons. The number of hydrogen-bond acceptors (Lipinski definition) is 4. The van der Waals surface area contributed by atoms with Gasteiger partial charge in [0.05, 0.1) is 0 Å². The van der Waals surface area contributed by atoms with Crippen LogP contribution < -0.4 is 10.6 Å². The van der Waals surface area contributed by atoms with Crippen LogP contribution in [0, 0.1) is 0 Å². The van der Waals surface area contributed by atoms with Crippen molar-refractivity contribution in [2.75, 3.05) is 0 Å². The van der Waals surface area contributed by atoms with Crippen LogP contribution in [0.1, 0.15) is 66.2 Å². The molecule has 2 atom stereocenters. The number of thiocarbonyl (C=S) groups is 2. The Labute approximate surface area is 163 Å². The third kappa shape index (κ3) is 26.0. The Morgan fingerprint density at radius 3 is 1.33 bits per heavy atom. The maximum absolute atomic E-state index is 4.73. The molecule has 0 aromatic rings. The van der Waals surface area contributed by atoms with Crippen LogP contribution in [0.25, 0.3) is 0 Å².